The largest absolute Gasteiger partial charge is 0.490 e. The fourth-order valence-electron chi connectivity index (χ4n) is 3.32. The van der Waals surface area contributed by atoms with Gasteiger partial charge in [0.1, 0.15) is 30.6 Å². The van der Waals surface area contributed by atoms with Crippen molar-refractivity contribution in [2.45, 2.75) is 31.8 Å². The van der Waals surface area contributed by atoms with Crippen LogP contribution in [-0.4, -0.2) is 66.3 Å². The van der Waals surface area contributed by atoms with Crippen LogP contribution in [0.2, 0.25) is 0 Å². The van der Waals surface area contributed by atoms with Crippen LogP contribution in [0, 0.1) is 6.92 Å². The van der Waals surface area contributed by atoms with Crippen molar-refractivity contribution < 1.29 is 60.6 Å². The Labute approximate surface area is 203 Å². The Hall–Kier alpha value is -1.55. The van der Waals surface area contributed by atoms with E-state index in [4.69, 9.17) is 28.5 Å². The molecule has 3 heterocycles. The predicted molar refractivity (Wildman–Crippen MR) is 119 cm³/mol. The Bertz CT molecular complexity index is 1290. The molecule has 1 aliphatic rings. The Kier molecular flexibility index (Phi) is 9.23. The Morgan fingerprint density at radius 3 is 2.64 bits per heavy atom. The maximum Gasteiger partial charge on any atom is 0.490 e. The van der Waals surface area contributed by atoms with Crippen molar-refractivity contribution in [3.63, 3.8) is 0 Å². The second kappa shape index (κ2) is 11.5. The summed E-state index contributed by atoms with van der Waals surface area (Å²) in [6.45, 7) is 4.35. The molecule has 1 aliphatic heterocycles. The molecule has 3 rings (SSSR count). The quantitative estimate of drug-likeness (QED) is 0.0976. The first-order valence-electron chi connectivity index (χ1n) is 10.0. The molecule has 0 saturated carbocycles. The Morgan fingerprint density at radius 2 is 1.97 bits per heavy atom. The fourth-order valence-corrected chi connectivity index (χ4v) is 6.35. The molecular weight excluding hydrogens is 551 g/mol. The van der Waals surface area contributed by atoms with Gasteiger partial charge in [-0.05, 0) is 13.0 Å². The number of ether oxygens (including phenoxy) is 3. The maximum absolute atomic E-state index is 12.2. The van der Waals surface area contributed by atoms with E-state index in [1.165, 1.54) is 12.1 Å². The van der Waals surface area contributed by atoms with Gasteiger partial charge in [-0.1, -0.05) is 6.08 Å². The van der Waals surface area contributed by atoms with Gasteiger partial charge in [-0.2, -0.15) is 8.62 Å². The van der Waals surface area contributed by atoms with E-state index in [-0.39, 0.29) is 25.4 Å². The number of hydrogen-bond acceptors (Lipinski definition) is 11. The minimum atomic E-state index is -5.67. The van der Waals surface area contributed by atoms with Crippen LogP contribution in [0.4, 0.5) is 0 Å². The van der Waals surface area contributed by atoms with Gasteiger partial charge in [-0.15, -0.1) is 6.58 Å². The summed E-state index contributed by atoms with van der Waals surface area (Å²) in [5.41, 5.74) is -0.0412. The highest BCUT2D eigenvalue weighted by molar-refractivity contribution is 7.66. The summed E-state index contributed by atoms with van der Waals surface area (Å²) in [6, 6.07) is 1.53. The lowest BCUT2D eigenvalue weighted by Gasteiger charge is -2.21. The molecule has 202 valence electrons. The van der Waals surface area contributed by atoms with Crippen molar-refractivity contribution >= 4 is 34.5 Å². The number of fused-ring (bicyclic) bond motifs is 1. The predicted octanol–water partition coefficient (Wildman–Crippen LogP) is 1.21. The first-order chi connectivity index (χ1) is 16.7. The summed E-state index contributed by atoms with van der Waals surface area (Å²) in [7, 11) is -16.6. The Morgan fingerprint density at radius 1 is 1.25 bits per heavy atom. The second-order valence-electron chi connectivity index (χ2n) is 7.35. The van der Waals surface area contributed by atoms with E-state index in [1.807, 2.05) is 0 Å². The van der Waals surface area contributed by atoms with Crippen LogP contribution in [0.25, 0.3) is 11.0 Å². The summed E-state index contributed by atoms with van der Waals surface area (Å²) >= 11 is 0. The third-order valence-electron chi connectivity index (χ3n) is 4.61. The van der Waals surface area contributed by atoms with Gasteiger partial charge < -0.3 is 43.3 Å². The van der Waals surface area contributed by atoms with Gasteiger partial charge in [0.2, 0.25) is 0 Å². The number of aromatic nitrogens is 3. The second-order valence-corrected chi connectivity index (χ2v) is 11.8. The van der Waals surface area contributed by atoms with E-state index in [0.717, 1.165) is 0 Å². The SMILES string of the molecule is C=CCOCOC1C[C@H](n2ccc3c(=O)[nH]c(C)nc32)O[C@@H]1COP(=O)(O)OP(=O)(O)OP(=O)(O)O. The van der Waals surface area contributed by atoms with E-state index >= 15 is 0 Å². The molecule has 0 amide bonds. The smallest absolute Gasteiger partial charge is 0.351 e. The fraction of sp³-hybridized carbons (Fsp3) is 0.500. The first kappa shape index (κ1) is 29.0. The van der Waals surface area contributed by atoms with E-state index in [1.54, 1.807) is 17.7 Å². The normalized spacial score (nSPS) is 24.0. The Balaban J connectivity index is 1.75. The lowest BCUT2D eigenvalue weighted by Crippen LogP contribution is -2.29. The van der Waals surface area contributed by atoms with Gasteiger partial charge in [-0.25, -0.2) is 18.7 Å². The highest BCUT2D eigenvalue weighted by Crippen LogP contribution is 2.66. The van der Waals surface area contributed by atoms with Gasteiger partial charge in [0, 0.05) is 12.6 Å². The highest BCUT2D eigenvalue weighted by atomic mass is 31.3. The number of aryl methyl sites for hydroxylation is 1. The molecule has 3 unspecified atom stereocenters. The summed E-state index contributed by atoms with van der Waals surface area (Å²) in [5.74, 6) is 0.361. The summed E-state index contributed by atoms with van der Waals surface area (Å²) in [6.07, 6.45) is 0.573. The summed E-state index contributed by atoms with van der Waals surface area (Å²) < 4.78 is 64.7. The van der Waals surface area contributed by atoms with Crippen molar-refractivity contribution in [2.75, 3.05) is 20.0 Å². The molecule has 36 heavy (non-hydrogen) atoms. The van der Waals surface area contributed by atoms with E-state index in [9.17, 15) is 28.3 Å². The van der Waals surface area contributed by atoms with Crippen LogP contribution in [0.1, 0.15) is 18.5 Å². The molecule has 5 N–H and O–H groups in total. The molecule has 20 heteroatoms. The zero-order chi connectivity index (χ0) is 26.7. The van der Waals surface area contributed by atoms with Crippen LogP contribution in [0.3, 0.4) is 0 Å². The molecule has 17 nitrogen and oxygen atoms in total. The van der Waals surface area contributed by atoms with Crippen LogP contribution in [0.5, 0.6) is 0 Å². The molecule has 5 atom stereocenters. The minimum absolute atomic E-state index is 0.152. The number of phosphoric ester groups is 1. The molecule has 0 spiro atoms. The molecule has 0 aliphatic carbocycles. The zero-order valence-corrected chi connectivity index (χ0v) is 21.3. The van der Waals surface area contributed by atoms with Crippen molar-refractivity contribution in [3.05, 3.63) is 41.1 Å². The van der Waals surface area contributed by atoms with Crippen molar-refractivity contribution in [2.24, 2.45) is 0 Å². The van der Waals surface area contributed by atoms with Gasteiger partial charge in [-0.3, -0.25) is 9.32 Å². The number of nitrogens with zero attached hydrogens (tertiary/aromatic N) is 2. The average Bonchev–Trinajstić information content (AvgIpc) is 3.31. The number of phosphoric acid groups is 3. The lowest BCUT2D eigenvalue weighted by atomic mass is 10.2. The summed E-state index contributed by atoms with van der Waals surface area (Å²) in [5, 5.41) is 0.299. The third-order valence-corrected chi connectivity index (χ3v) is 8.41. The van der Waals surface area contributed by atoms with Crippen molar-refractivity contribution in [3.8, 4) is 0 Å². The standard InChI is InChI=1S/C16H24N3O14P3/c1-3-6-28-9-29-12-7-14(19-5-4-11-15(19)17-10(2)18-16(11)20)31-13(12)8-30-35(24,25)33-36(26,27)32-34(21,22)23/h3-5,12-14H,1,6-9H2,2H3,(H,24,25)(H,26,27)(H,17,18,20)(H2,21,22,23)/t12?,13-,14-/m1/s1. The highest BCUT2D eigenvalue weighted by Gasteiger charge is 2.43. The van der Waals surface area contributed by atoms with Gasteiger partial charge >= 0.3 is 23.5 Å². The molecule has 2 aromatic rings. The van der Waals surface area contributed by atoms with Gasteiger partial charge in [0.15, 0.2) is 0 Å². The van der Waals surface area contributed by atoms with E-state index in [0.29, 0.717) is 16.9 Å². The van der Waals surface area contributed by atoms with Crippen molar-refractivity contribution in [1.82, 2.24) is 14.5 Å². The van der Waals surface area contributed by atoms with Gasteiger partial charge in [0.25, 0.3) is 5.56 Å². The van der Waals surface area contributed by atoms with Crippen LogP contribution < -0.4 is 5.56 Å². The number of rotatable bonds is 13. The zero-order valence-electron chi connectivity index (χ0n) is 18.6. The molecule has 1 fully saturated rings. The van der Waals surface area contributed by atoms with Crippen LogP contribution in [-0.2, 0) is 41.1 Å². The summed E-state index contributed by atoms with van der Waals surface area (Å²) in [4.78, 5) is 55.4. The molecule has 0 bridgehead atoms. The van der Waals surface area contributed by atoms with E-state index < -0.39 is 48.5 Å². The van der Waals surface area contributed by atoms with Crippen molar-refractivity contribution in [1.29, 1.82) is 0 Å². The number of H-pyrrole nitrogens is 1. The van der Waals surface area contributed by atoms with Gasteiger partial charge in [0.05, 0.1) is 24.7 Å². The molecule has 2 aromatic heterocycles. The van der Waals surface area contributed by atoms with Crippen LogP contribution >= 0.6 is 23.5 Å². The monoisotopic (exact) mass is 575 g/mol. The molecular formula is C16H24N3O14P3. The molecule has 0 aromatic carbocycles. The first-order valence-corrected chi connectivity index (χ1v) is 14.5. The molecule has 1 saturated heterocycles. The number of aromatic amines is 1. The average molecular weight is 575 g/mol. The van der Waals surface area contributed by atoms with E-state index in [2.05, 4.69) is 25.2 Å². The number of hydrogen-bond donors (Lipinski definition) is 5. The maximum atomic E-state index is 12.2. The lowest BCUT2D eigenvalue weighted by molar-refractivity contribution is -0.112. The molecule has 0 radical (unpaired) electrons. The van der Waals surface area contributed by atoms with Crippen LogP contribution in [0.15, 0.2) is 29.7 Å². The number of nitrogens with one attached hydrogen (secondary N) is 1. The third kappa shape index (κ3) is 7.97. The topological polar surface area (TPSA) is 238 Å². The minimum Gasteiger partial charge on any atom is -0.351 e.